The second-order valence-electron chi connectivity index (χ2n) is 5.26. The van der Waals surface area contributed by atoms with Crippen LogP contribution in [0.15, 0.2) is 29.2 Å². The molecule has 6 heteroatoms. The molecule has 110 valence electrons. The number of hydrogen-bond donors (Lipinski definition) is 1. The third-order valence-electron chi connectivity index (χ3n) is 2.59. The molecule has 0 saturated carbocycles. The number of rotatable bonds is 5. The Labute approximate surface area is 128 Å². The molecule has 0 heterocycles. The zero-order valence-electron chi connectivity index (χ0n) is 11.7. The molecular weight excluding hydrogens is 298 g/mol. The normalized spacial score (nSPS) is 11.2. The molecular formula is C14H18ClNO3S. The van der Waals surface area contributed by atoms with E-state index >= 15 is 0 Å². The molecule has 0 spiro atoms. The maximum atomic E-state index is 12.2. The van der Waals surface area contributed by atoms with Crippen LogP contribution in [0, 0.1) is 0 Å². The van der Waals surface area contributed by atoms with Crippen LogP contribution < -0.4 is 0 Å². The highest BCUT2D eigenvalue weighted by atomic mass is 35.5. The zero-order valence-corrected chi connectivity index (χ0v) is 13.3. The van der Waals surface area contributed by atoms with E-state index in [-0.39, 0.29) is 18.2 Å². The molecule has 0 aliphatic carbocycles. The van der Waals surface area contributed by atoms with Crippen molar-refractivity contribution < 1.29 is 14.7 Å². The SMILES string of the molecule is CC(C)(C)N(CC(=O)O)C(=O)CSc1ccccc1Cl. The van der Waals surface area contributed by atoms with Gasteiger partial charge in [-0.1, -0.05) is 23.7 Å². The van der Waals surface area contributed by atoms with Crippen molar-refractivity contribution in [2.24, 2.45) is 0 Å². The average molecular weight is 316 g/mol. The third kappa shape index (κ3) is 5.06. The van der Waals surface area contributed by atoms with E-state index in [1.165, 1.54) is 16.7 Å². The van der Waals surface area contributed by atoms with E-state index in [2.05, 4.69) is 0 Å². The fourth-order valence-corrected chi connectivity index (χ4v) is 2.73. The molecule has 0 radical (unpaired) electrons. The first kappa shape index (κ1) is 16.9. The van der Waals surface area contributed by atoms with Gasteiger partial charge in [-0.3, -0.25) is 9.59 Å². The summed E-state index contributed by atoms with van der Waals surface area (Å²) < 4.78 is 0. The van der Waals surface area contributed by atoms with Gasteiger partial charge in [0.15, 0.2) is 0 Å². The standard InChI is InChI=1S/C14H18ClNO3S/c1-14(2,3)16(8-13(18)19)12(17)9-20-11-7-5-4-6-10(11)15/h4-7H,8-9H2,1-3H3,(H,18,19). The molecule has 4 nitrogen and oxygen atoms in total. The van der Waals surface area contributed by atoms with E-state index in [1.54, 1.807) is 6.07 Å². The van der Waals surface area contributed by atoms with Gasteiger partial charge in [0.05, 0.1) is 10.8 Å². The summed E-state index contributed by atoms with van der Waals surface area (Å²) in [5.74, 6) is -1.07. The second kappa shape index (κ2) is 6.99. The minimum absolute atomic E-state index is 0.161. The Morgan fingerprint density at radius 1 is 1.30 bits per heavy atom. The Morgan fingerprint density at radius 2 is 1.90 bits per heavy atom. The number of carboxylic acid groups (broad SMARTS) is 1. The molecule has 0 unspecified atom stereocenters. The number of benzene rings is 1. The van der Waals surface area contributed by atoms with Gasteiger partial charge >= 0.3 is 5.97 Å². The van der Waals surface area contributed by atoms with Crippen molar-refractivity contribution in [3.05, 3.63) is 29.3 Å². The number of halogens is 1. The number of carboxylic acids is 1. The Balaban J connectivity index is 2.72. The molecule has 1 aromatic rings. The van der Waals surface area contributed by atoms with Crippen molar-refractivity contribution in [2.45, 2.75) is 31.2 Å². The molecule has 0 bridgehead atoms. The highest BCUT2D eigenvalue weighted by Crippen LogP contribution is 2.27. The van der Waals surface area contributed by atoms with Crippen LogP contribution in [0.4, 0.5) is 0 Å². The summed E-state index contributed by atoms with van der Waals surface area (Å²) in [7, 11) is 0. The van der Waals surface area contributed by atoms with E-state index in [4.69, 9.17) is 16.7 Å². The van der Waals surface area contributed by atoms with E-state index in [0.717, 1.165) is 4.90 Å². The van der Waals surface area contributed by atoms with Crippen molar-refractivity contribution in [3.63, 3.8) is 0 Å². The number of thioether (sulfide) groups is 1. The minimum atomic E-state index is -1.02. The molecule has 20 heavy (non-hydrogen) atoms. The maximum Gasteiger partial charge on any atom is 0.323 e. The summed E-state index contributed by atoms with van der Waals surface area (Å²) in [4.78, 5) is 25.2. The summed E-state index contributed by atoms with van der Waals surface area (Å²) in [6.07, 6.45) is 0. The topological polar surface area (TPSA) is 57.6 Å². The van der Waals surface area contributed by atoms with Crippen LogP contribution in [0.25, 0.3) is 0 Å². The quantitative estimate of drug-likeness (QED) is 0.848. The lowest BCUT2D eigenvalue weighted by Crippen LogP contribution is -2.49. The lowest BCUT2D eigenvalue weighted by molar-refractivity contribution is -0.146. The van der Waals surface area contributed by atoms with Crippen molar-refractivity contribution >= 4 is 35.2 Å². The predicted octanol–water partition coefficient (Wildman–Crippen LogP) is 3.14. The number of hydrogen-bond acceptors (Lipinski definition) is 3. The van der Waals surface area contributed by atoms with Gasteiger partial charge in [0.2, 0.25) is 5.91 Å². The van der Waals surface area contributed by atoms with Crippen LogP contribution in [0.2, 0.25) is 5.02 Å². The monoisotopic (exact) mass is 315 g/mol. The highest BCUT2D eigenvalue weighted by molar-refractivity contribution is 8.00. The molecule has 0 aliphatic heterocycles. The van der Waals surface area contributed by atoms with Crippen molar-refractivity contribution in [1.82, 2.24) is 4.90 Å². The molecule has 0 saturated heterocycles. The number of carbonyl (C=O) groups is 2. The van der Waals surface area contributed by atoms with Gasteiger partial charge in [0, 0.05) is 10.4 Å². The average Bonchev–Trinajstić information content (AvgIpc) is 2.33. The zero-order chi connectivity index (χ0) is 15.3. The van der Waals surface area contributed by atoms with Crippen LogP contribution in [0.5, 0.6) is 0 Å². The van der Waals surface area contributed by atoms with Crippen LogP contribution in [-0.4, -0.2) is 39.7 Å². The fraction of sp³-hybridized carbons (Fsp3) is 0.429. The molecule has 1 aromatic carbocycles. The molecule has 1 N–H and O–H groups in total. The summed E-state index contributed by atoms with van der Waals surface area (Å²) in [6, 6.07) is 7.25. The van der Waals surface area contributed by atoms with Gasteiger partial charge in [-0.05, 0) is 32.9 Å². The molecule has 1 amide bonds. The molecule has 0 aliphatic rings. The summed E-state index contributed by atoms with van der Waals surface area (Å²) >= 11 is 7.33. The second-order valence-corrected chi connectivity index (χ2v) is 6.69. The molecule has 0 fully saturated rings. The highest BCUT2D eigenvalue weighted by Gasteiger charge is 2.28. The van der Waals surface area contributed by atoms with Gasteiger partial charge in [-0.15, -0.1) is 11.8 Å². The summed E-state index contributed by atoms with van der Waals surface area (Å²) in [6.45, 7) is 5.14. The maximum absolute atomic E-state index is 12.2. The Bertz CT molecular complexity index is 499. The van der Waals surface area contributed by atoms with Gasteiger partial charge in [-0.2, -0.15) is 0 Å². The first-order valence-corrected chi connectivity index (χ1v) is 7.48. The first-order chi connectivity index (χ1) is 9.21. The molecule has 1 rings (SSSR count). The first-order valence-electron chi connectivity index (χ1n) is 6.11. The van der Waals surface area contributed by atoms with Crippen molar-refractivity contribution in [3.8, 4) is 0 Å². The van der Waals surface area contributed by atoms with E-state index in [9.17, 15) is 9.59 Å². The third-order valence-corrected chi connectivity index (χ3v) is 4.09. The van der Waals surface area contributed by atoms with Crippen LogP contribution >= 0.6 is 23.4 Å². The molecule has 0 atom stereocenters. The summed E-state index contributed by atoms with van der Waals surface area (Å²) in [5.41, 5.74) is -0.531. The van der Waals surface area contributed by atoms with Gasteiger partial charge < -0.3 is 10.0 Å². The van der Waals surface area contributed by atoms with Crippen LogP contribution in [0.1, 0.15) is 20.8 Å². The number of amides is 1. The van der Waals surface area contributed by atoms with E-state index in [1.807, 2.05) is 39.0 Å². The largest absolute Gasteiger partial charge is 0.480 e. The van der Waals surface area contributed by atoms with Crippen molar-refractivity contribution in [1.29, 1.82) is 0 Å². The van der Waals surface area contributed by atoms with Crippen molar-refractivity contribution in [2.75, 3.05) is 12.3 Å². The minimum Gasteiger partial charge on any atom is -0.480 e. The summed E-state index contributed by atoms with van der Waals surface area (Å²) in [5, 5.41) is 9.49. The lowest BCUT2D eigenvalue weighted by Gasteiger charge is -2.34. The van der Waals surface area contributed by atoms with Gasteiger partial charge in [0.25, 0.3) is 0 Å². The smallest absolute Gasteiger partial charge is 0.323 e. The predicted molar refractivity (Wildman–Crippen MR) is 81.3 cm³/mol. The Morgan fingerprint density at radius 3 is 2.40 bits per heavy atom. The van der Waals surface area contributed by atoms with Crippen LogP contribution in [-0.2, 0) is 9.59 Å². The Hall–Kier alpha value is -1.20. The Kier molecular flexibility index (Phi) is 5.89. The fourth-order valence-electron chi connectivity index (χ4n) is 1.61. The van der Waals surface area contributed by atoms with Gasteiger partial charge in [0.1, 0.15) is 6.54 Å². The van der Waals surface area contributed by atoms with E-state index < -0.39 is 11.5 Å². The number of aliphatic carboxylic acids is 1. The number of carbonyl (C=O) groups excluding carboxylic acids is 1. The lowest BCUT2D eigenvalue weighted by atomic mass is 10.1. The number of nitrogens with zero attached hydrogens (tertiary/aromatic N) is 1. The van der Waals surface area contributed by atoms with E-state index in [0.29, 0.717) is 5.02 Å². The molecule has 0 aromatic heterocycles. The van der Waals surface area contributed by atoms with Gasteiger partial charge in [-0.25, -0.2) is 0 Å². The van der Waals surface area contributed by atoms with Crippen LogP contribution in [0.3, 0.4) is 0 Å².